The van der Waals surface area contributed by atoms with Crippen LogP contribution in [0.5, 0.6) is 0 Å². The molecule has 1 amide bonds. The molecule has 0 saturated carbocycles. The molecule has 2 heterocycles. The second-order valence-electron chi connectivity index (χ2n) is 7.68. The molecule has 25 heavy (non-hydrogen) atoms. The molecule has 1 aromatic carbocycles. The van der Waals surface area contributed by atoms with Crippen LogP contribution in [-0.2, 0) is 16.0 Å². The zero-order valence-electron chi connectivity index (χ0n) is 15.5. The number of nitrogens with one attached hydrogen (secondary N) is 1. The van der Waals surface area contributed by atoms with Gasteiger partial charge >= 0.3 is 0 Å². The normalized spacial score (nSPS) is 22.2. The Morgan fingerprint density at radius 1 is 1.20 bits per heavy atom. The second-order valence-corrected chi connectivity index (χ2v) is 7.68. The van der Waals surface area contributed by atoms with Gasteiger partial charge in [-0.05, 0) is 70.0 Å². The Hall–Kier alpha value is -1.39. The van der Waals surface area contributed by atoms with Crippen LogP contribution < -0.4 is 5.32 Å². The van der Waals surface area contributed by atoms with Crippen LogP contribution in [0.25, 0.3) is 0 Å². The van der Waals surface area contributed by atoms with Crippen molar-refractivity contribution in [1.29, 1.82) is 0 Å². The smallest absolute Gasteiger partial charge is 0.234 e. The number of benzene rings is 1. The van der Waals surface area contributed by atoms with Gasteiger partial charge in [-0.2, -0.15) is 0 Å². The van der Waals surface area contributed by atoms with E-state index >= 15 is 0 Å². The molecule has 0 aliphatic carbocycles. The molecule has 2 aliphatic rings. The number of carbonyl (C=O) groups excluding carboxylic acids is 1. The molecule has 1 N–H and O–H groups in total. The van der Waals surface area contributed by atoms with Gasteiger partial charge in [0, 0.05) is 13.2 Å². The minimum atomic E-state index is 0.147. The first-order chi connectivity index (χ1) is 12.2. The highest BCUT2D eigenvalue weighted by molar-refractivity contribution is 5.78. The van der Waals surface area contributed by atoms with Crippen molar-refractivity contribution >= 4 is 5.91 Å². The molecular weight excluding hydrogens is 312 g/mol. The highest BCUT2D eigenvalue weighted by Gasteiger charge is 2.21. The Kier molecular flexibility index (Phi) is 6.88. The minimum absolute atomic E-state index is 0.147. The van der Waals surface area contributed by atoms with Gasteiger partial charge in [0.15, 0.2) is 0 Å². The van der Waals surface area contributed by atoms with Gasteiger partial charge in [-0.1, -0.05) is 29.8 Å². The molecule has 4 nitrogen and oxygen atoms in total. The fraction of sp³-hybridized carbons (Fsp3) is 0.667. The van der Waals surface area contributed by atoms with Gasteiger partial charge in [0.2, 0.25) is 5.91 Å². The Morgan fingerprint density at radius 3 is 2.64 bits per heavy atom. The maximum absolute atomic E-state index is 12.1. The number of rotatable bonds is 7. The van der Waals surface area contributed by atoms with E-state index in [0.717, 1.165) is 38.5 Å². The number of piperidine rings is 1. The Balaban J connectivity index is 1.30. The van der Waals surface area contributed by atoms with Crippen LogP contribution in [0.4, 0.5) is 0 Å². The van der Waals surface area contributed by atoms with Crippen molar-refractivity contribution in [3.63, 3.8) is 0 Å². The number of nitrogens with zero attached hydrogens (tertiary/aromatic N) is 1. The van der Waals surface area contributed by atoms with Crippen molar-refractivity contribution in [2.45, 2.75) is 51.6 Å². The molecule has 3 rings (SSSR count). The third-order valence-corrected chi connectivity index (χ3v) is 5.59. The van der Waals surface area contributed by atoms with E-state index in [0.29, 0.717) is 13.1 Å². The van der Waals surface area contributed by atoms with Crippen molar-refractivity contribution < 1.29 is 9.53 Å². The van der Waals surface area contributed by atoms with Crippen LogP contribution >= 0.6 is 0 Å². The summed E-state index contributed by atoms with van der Waals surface area (Å²) in [5.74, 6) is 0.945. The highest BCUT2D eigenvalue weighted by atomic mass is 16.5. The summed E-state index contributed by atoms with van der Waals surface area (Å²) in [6, 6.07) is 8.91. The van der Waals surface area contributed by atoms with Crippen LogP contribution in [-0.4, -0.2) is 49.7 Å². The number of carbonyl (C=O) groups is 1. The first-order valence-electron chi connectivity index (χ1n) is 9.85. The zero-order valence-corrected chi connectivity index (χ0v) is 15.5. The van der Waals surface area contributed by atoms with Gasteiger partial charge < -0.3 is 10.1 Å². The predicted octanol–water partition coefficient (Wildman–Crippen LogP) is 2.93. The largest absolute Gasteiger partial charge is 0.376 e. The van der Waals surface area contributed by atoms with E-state index in [-0.39, 0.29) is 12.0 Å². The fourth-order valence-corrected chi connectivity index (χ4v) is 3.85. The predicted molar refractivity (Wildman–Crippen MR) is 101 cm³/mol. The Bertz CT molecular complexity index is 529. The Labute approximate surface area is 151 Å². The van der Waals surface area contributed by atoms with Gasteiger partial charge in [0.25, 0.3) is 0 Å². The second kappa shape index (κ2) is 9.35. The van der Waals surface area contributed by atoms with Crippen LogP contribution in [0.3, 0.4) is 0 Å². The third kappa shape index (κ3) is 6.12. The lowest BCUT2D eigenvalue weighted by Gasteiger charge is -2.31. The van der Waals surface area contributed by atoms with Gasteiger partial charge in [-0.15, -0.1) is 0 Å². The summed E-state index contributed by atoms with van der Waals surface area (Å²) < 4.78 is 5.55. The molecule has 0 bridgehead atoms. The van der Waals surface area contributed by atoms with Gasteiger partial charge in [0.1, 0.15) is 0 Å². The summed E-state index contributed by atoms with van der Waals surface area (Å²) in [4.78, 5) is 14.4. The fourth-order valence-electron chi connectivity index (χ4n) is 3.85. The number of aryl methyl sites for hydroxylation is 2. The molecule has 2 saturated heterocycles. The summed E-state index contributed by atoms with van der Waals surface area (Å²) >= 11 is 0. The first-order valence-corrected chi connectivity index (χ1v) is 9.85. The lowest BCUT2D eigenvalue weighted by Crippen LogP contribution is -2.43. The zero-order chi connectivity index (χ0) is 17.5. The van der Waals surface area contributed by atoms with E-state index in [9.17, 15) is 4.79 Å². The molecule has 4 heteroatoms. The van der Waals surface area contributed by atoms with E-state index in [1.54, 1.807) is 0 Å². The van der Waals surface area contributed by atoms with Gasteiger partial charge in [0.05, 0.1) is 12.6 Å². The molecule has 1 unspecified atom stereocenters. The highest BCUT2D eigenvalue weighted by Crippen LogP contribution is 2.22. The molecular formula is C21H32N2O2. The van der Waals surface area contributed by atoms with Gasteiger partial charge in [-0.25, -0.2) is 0 Å². The topological polar surface area (TPSA) is 41.6 Å². The van der Waals surface area contributed by atoms with Crippen LogP contribution in [0.1, 0.15) is 43.2 Å². The van der Waals surface area contributed by atoms with Crippen molar-refractivity contribution in [3.8, 4) is 0 Å². The number of amides is 1. The van der Waals surface area contributed by atoms with E-state index in [2.05, 4.69) is 41.4 Å². The van der Waals surface area contributed by atoms with E-state index in [1.165, 1.54) is 36.8 Å². The molecule has 1 atom stereocenters. The maximum Gasteiger partial charge on any atom is 0.234 e. The number of hydrogen-bond donors (Lipinski definition) is 1. The summed E-state index contributed by atoms with van der Waals surface area (Å²) in [7, 11) is 0. The monoisotopic (exact) mass is 344 g/mol. The molecule has 2 aliphatic heterocycles. The number of likely N-dealkylation sites (tertiary alicyclic amines) is 1. The van der Waals surface area contributed by atoms with Gasteiger partial charge in [-0.3, -0.25) is 9.69 Å². The molecule has 0 spiro atoms. The van der Waals surface area contributed by atoms with Crippen molar-refractivity contribution in [3.05, 3.63) is 35.4 Å². The van der Waals surface area contributed by atoms with E-state index < -0.39 is 0 Å². The first kappa shape index (κ1) is 18.4. The summed E-state index contributed by atoms with van der Waals surface area (Å²) in [5.41, 5.74) is 2.77. The van der Waals surface area contributed by atoms with E-state index in [1.807, 2.05) is 0 Å². The average Bonchev–Trinajstić information content (AvgIpc) is 3.14. The SMILES string of the molecule is Cc1ccc(CCC2CCN(CC(=O)NCC3CCCO3)CC2)cc1. The Morgan fingerprint density at radius 2 is 1.96 bits per heavy atom. The summed E-state index contributed by atoms with van der Waals surface area (Å²) in [5, 5.41) is 3.03. The molecule has 2 fully saturated rings. The molecule has 1 aromatic rings. The lowest BCUT2D eigenvalue weighted by molar-refractivity contribution is -0.123. The quantitative estimate of drug-likeness (QED) is 0.827. The number of ether oxygens (including phenoxy) is 1. The van der Waals surface area contributed by atoms with Crippen molar-refractivity contribution in [2.75, 3.05) is 32.8 Å². The maximum atomic E-state index is 12.1. The van der Waals surface area contributed by atoms with Crippen LogP contribution in [0.2, 0.25) is 0 Å². The molecule has 0 radical (unpaired) electrons. The third-order valence-electron chi connectivity index (χ3n) is 5.59. The lowest BCUT2D eigenvalue weighted by atomic mass is 9.90. The van der Waals surface area contributed by atoms with Crippen LogP contribution in [0.15, 0.2) is 24.3 Å². The molecule has 0 aromatic heterocycles. The average molecular weight is 344 g/mol. The van der Waals surface area contributed by atoms with Crippen LogP contribution in [0, 0.1) is 12.8 Å². The summed E-state index contributed by atoms with van der Waals surface area (Å²) in [6.07, 6.45) is 7.30. The standard InChI is InChI=1S/C21H32N2O2/c1-17-4-6-18(7-5-17)8-9-19-10-12-23(13-11-19)16-21(24)22-15-20-3-2-14-25-20/h4-7,19-20H,2-3,8-16H2,1H3,(H,22,24). The number of hydrogen-bond acceptors (Lipinski definition) is 3. The van der Waals surface area contributed by atoms with Crippen molar-refractivity contribution in [1.82, 2.24) is 10.2 Å². The van der Waals surface area contributed by atoms with Crippen molar-refractivity contribution in [2.24, 2.45) is 5.92 Å². The van der Waals surface area contributed by atoms with E-state index in [4.69, 9.17) is 4.74 Å². The minimum Gasteiger partial charge on any atom is -0.376 e. The molecule has 138 valence electrons. The summed E-state index contributed by atoms with van der Waals surface area (Å²) in [6.45, 7) is 6.29.